The zero-order valence-electron chi connectivity index (χ0n) is 5.20. The molecule has 0 aromatic heterocycles. The van der Waals surface area contributed by atoms with Gasteiger partial charge in [0.05, 0.1) is 0 Å². The molecule has 0 aromatic carbocycles. The van der Waals surface area contributed by atoms with Crippen LogP contribution in [0.15, 0.2) is 0 Å². The van der Waals surface area contributed by atoms with Gasteiger partial charge in [0, 0.05) is 12.3 Å². The van der Waals surface area contributed by atoms with E-state index in [1.807, 2.05) is 6.26 Å². The van der Waals surface area contributed by atoms with Crippen molar-refractivity contribution in [3.63, 3.8) is 0 Å². The topological polar surface area (TPSA) is 58.3 Å². The molecule has 0 radical (unpaired) electrons. The van der Waals surface area contributed by atoms with Crippen molar-refractivity contribution in [3.05, 3.63) is 0 Å². The molecule has 0 heterocycles. The summed E-state index contributed by atoms with van der Waals surface area (Å²) in [6.45, 7) is -1.94. The number of nitrogens with two attached hydrogens (primary N) is 1. The lowest BCUT2D eigenvalue weighted by Crippen LogP contribution is -2.17. The monoisotopic (exact) mass is 186 g/mol. The Hall–Kier alpha value is 0.880. The van der Waals surface area contributed by atoms with E-state index in [1.165, 1.54) is 0 Å². The number of thioether (sulfide) groups is 1. The summed E-state index contributed by atoms with van der Waals surface area (Å²) >= 11 is 6.21. The van der Waals surface area contributed by atoms with Crippen LogP contribution in [0.3, 0.4) is 0 Å². The summed E-state index contributed by atoms with van der Waals surface area (Å²) in [4.78, 5) is 8.83. The highest BCUT2D eigenvalue weighted by atomic mass is 32.4. The van der Waals surface area contributed by atoms with Gasteiger partial charge < -0.3 is 4.89 Å². The van der Waals surface area contributed by atoms with E-state index in [9.17, 15) is 0 Å². The van der Waals surface area contributed by atoms with Crippen molar-refractivity contribution in [2.45, 2.75) is 0 Å². The van der Waals surface area contributed by atoms with Crippen LogP contribution in [0.5, 0.6) is 0 Å². The van der Waals surface area contributed by atoms with Crippen molar-refractivity contribution >= 4 is 30.1 Å². The first kappa shape index (κ1) is 9.88. The van der Waals surface area contributed by atoms with Crippen molar-refractivity contribution < 1.29 is 4.89 Å². The zero-order valence-corrected chi connectivity index (χ0v) is 7.73. The summed E-state index contributed by atoms with van der Waals surface area (Å²) in [5, 5.41) is 2.66. The molecule has 0 aliphatic rings. The average Bonchev–Trinajstić information content (AvgIpc) is 1.63. The normalized spacial score (nSPS) is 17.2. The molecule has 3 nitrogen and oxygen atoms in total. The molecule has 0 saturated heterocycles. The molecule has 4 N–H and O–H groups in total. The molecule has 0 aliphatic heterocycles. The van der Waals surface area contributed by atoms with E-state index in [1.54, 1.807) is 11.8 Å². The van der Waals surface area contributed by atoms with E-state index in [-0.39, 0.29) is 0 Å². The average molecular weight is 186 g/mol. The second-order valence-electron chi connectivity index (χ2n) is 1.52. The summed E-state index contributed by atoms with van der Waals surface area (Å²) < 4.78 is 0. The molecule has 0 rings (SSSR count). The highest BCUT2D eigenvalue weighted by Crippen LogP contribution is 2.22. The van der Waals surface area contributed by atoms with Gasteiger partial charge in [-0.25, -0.2) is 0 Å². The largest absolute Gasteiger partial charge is 0.343 e. The molecule has 0 aliphatic carbocycles. The van der Waals surface area contributed by atoms with Gasteiger partial charge in [-0.3, -0.25) is 10.6 Å². The molecule has 0 amide bonds. The van der Waals surface area contributed by atoms with Gasteiger partial charge in [0.1, 0.15) is 0 Å². The third-order valence-electron chi connectivity index (χ3n) is 0.645. The van der Waals surface area contributed by atoms with Crippen LogP contribution in [-0.4, -0.2) is 23.4 Å². The van der Waals surface area contributed by atoms with Crippen LogP contribution in [0.4, 0.5) is 0 Å². The minimum Gasteiger partial charge on any atom is -0.343 e. The van der Waals surface area contributed by atoms with Gasteiger partial charge in [-0.05, 0) is 18.1 Å². The maximum atomic E-state index is 8.83. The molecule has 0 aromatic rings. The molecule has 0 saturated carbocycles. The van der Waals surface area contributed by atoms with Gasteiger partial charge in [0.15, 0.2) is 6.57 Å². The maximum Gasteiger partial charge on any atom is 0.192 e. The van der Waals surface area contributed by atoms with E-state index < -0.39 is 6.57 Å². The van der Waals surface area contributed by atoms with Crippen molar-refractivity contribution in [1.82, 2.24) is 5.09 Å². The predicted octanol–water partition coefficient (Wildman–Crippen LogP) is 0.115. The molecule has 0 fully saturated rings. The summed E-state index contributed by atoms with van der Waals surface area (Å²) in [5.41, 5.74) is 5.14. The van der Waals surface area contributed by atoms with Gasteiger partial charge in [-0.1, -0.05) is 0 Å². The highest BCUT2D eigenvalue weighted by Gasteiger charge is 2.00. The lowest BCUT2D eigenvalue weighted by Gasteiger charge is -2.08. The Kier molecular flexibility index (Phi) is 5.11. The van der Waals surface area contributed by atoms with Gasteiger partial charge in [0.25, 0.3) is 0 Å². The second kappa shape index (κ2) is 4.66. The van der Waals surface area contributed by atoms with Crippen molar-refractivity contribution in [3.8, 4) is 0 Å². The second-order valence-corrected chi connectivity index (χ2v) is 5.74. The summed E-state index contributed by atoms with van der Waals surface area (Å²) in [6, 6.07) is 0. The van der Waals surface area contributed by atoms with Gasteiger partial charge >= 0.3 is 0 Å². The number of nitrogens with one attached hydrogen (secondary N) is 1. The fourth-order valence-corrected chi connectivity index (χ4v) is 1.47. The standard InChI is InChI=1S/C3H11N2OPS2/c1-9-3-2-5-7(4,6)8/h2-3H2,1H3,(H4,4,5,6,8). The van der Waals surface area contributed by atoms with Crippen molar-refractivity contribution in [1.29, 1.82) is 0 Å². The molecular weight excluding hydrogens is 175 g/mol. The molecule has 56 valence electrons. The summed E-state index contributed by atoms with van der Waals surface area (Å²) in [6.07, 6.45) is 1.99. The molecular formula is C3H11N2OPS2. The van der Waals surface area contributed by atoms with Crippen LogP contribution in [0.2, 0.25) is 0 Å². The van der Waals surface area contributed by atoms with E-state index in [0.717, 1.165) is 5.75 Å². The van der Waals surface area contributed by atoms with Crippen LogP contribution in [0, 0.1) is 0 Å². The maximum absolute atomic E-state index is 8.83. The number of rotatable bonds is 4. The third-order valence-corrected chi connectivity index (χ3v) is 2.32. The Bertz CT molecular complexity index is 114. The SMILES string of the molecule is CSCCNP(N)(O)=S. The van der Waals surface area contributed by atoms with Crippen LogP contribution in [0.1, 0.15) is 0 Å². The van der Waals surface area contributed by atoms with Crippen LogP contribution in [-0.2, 0) is 11.8 Å². The molecule has 0 spiro atoms. The lowest BCUT2D eigenvalue weighted by atomic mass is 10.8. The van der Waals surface area contributed by atoms with Crippen LogP contribution in [0.25, 0.3) is 0 Å². The van der Waals surface area contributed by atoms with Gasteiger partial charge in [0.2, 0.25) is 0 Å². The van der Waals surface area contributed by atoms with Crippen LogP contribution < -0.4 is 10.6 Å². The first-order valence-corrected chi connectivity index (χ1v) is 6.63. The lowest BCUT2D eigenvalue weighted by molar-refractivity contribution is 0.607. The number of hydrogen-bond donors (Lipinski definition) is 3. The minimum atomic E-state index is -2.63. The number of hydrogen-bond acceptors (Lipinski definition) is 2. The summed E-state index contributed by atoms with van der Waals surface area (Å²) in [5.74, 6) is 0.927. The first-order chi connectivity index (χ1) is 4.06. The Labute approximate surface area is 64.6 Å². The molecule has 9 heavy (non-hydrogen) atoms. The Morgan fingerprint density at radius 2 is 2.44 bits per heavy atom. The van der Waals surface area contributed by atoms with E-state index in [4.69, 9.17) is 10.4 Å². The fraction of sp³-hybridized carbons (Fsp3) is 1.00. The first-order valence-electron chi connectivity index (χ1n) is 2.41. The quantitative estimate of drug-likeness (QED) is 0.430. The van der Waals surface area contributed by atoms with E-state index in [0.29, 0.717) is 6.54 Å². The molecule has 1 atom stereocenters. The predicted molar refractivity (Wildman–Crippen MR) is 47.1 cm³/mol. The van der Waals surface area contributed by atoms with E-state index >= 15 is 0 Å². The smallest absolute Gasteiger partial charge is 0.192 e. The Morgan fingerprint density at radius 3 is 2.78 bits per heavy atom. The Morgan fingerprint density at radius 1 is 1.89 bits per heavy atom. The van der Waals surface area contributed by atoms with E-state index in [2.05, 4.69) is 16.9 Å². The van der Waals surface area contributed by atoms with Crippen molar-refractivity contribution in [2.24, 2.45) is 5.50 Å². The third kappa shape index (κ3) is 8.88. The minimum absolute atomic E-state index is 0.686. The zero-order chi connectivity index (χ0) is 7.33. The summed E-state index contributed by atoms with van der Waals surface area (Å²) in [7, 11) is 0. The molecule has 1 unspecified atom stereocenters. The highest BCUT2D eigenvalue weighted by molar-refractivity contribution is 8.09. The fourth-order valence-electron chi connectivity index (χ4n) is 0.308. The molecule has 6 heteroatoms. The van der Waals surface area contributed by atoms with Gasteiger partial charge in [-0.15, -0.1) is 0 Å². The molecule has 0 bridgehead atoms. The van der Waals surface area contributed by atoms with Gasteiger partial charge in [-0.2, -0.15) is 11.8 Å². The van der Waals surface area contributed by atoms with Crippen LogP contribution >= 0.6 is 18.3 Å². The van der Waals surface area contributed by atoms with Crippen molar-refractivity contribution in [2.75, 3.05) is 18.6 Å². The Balaban J connectivity index is 3.18.